The van der Waals surface area contributed by atoms with Gasteiger partial charge in [-0.15, -0.1) is 0 Å². The van der Waals surface area contributed by atoms with Gasteiger partial charge in [0, 0.05) is 5.56 Å². The Morgan fingerprint density at radius 3 is 2.53 bits per heavy atom. The molecule has 15 heavy (non-hydrogen) atoms. The standard InChI is InChI=1S/C11H10O4/c1-11(8-5-3-2-4-6-8)10(13)14-7-9(12)15-11/h2-6H,7H2,1H3/t11-/m0/s1. The number of carbonyl (C=O) groups excluding carboxylic acids is 2. The highest BCUT2D eigenvalue weighted by molar-refractivity contribution is 5.89. The van der Waals surface area contributed by atoms with Gasteiger partial charge in [0.1, 0.15) is 0 Å². The molecule has 0 unspecified atom stereocenters. The molecule has 1 saturated heterocycles. The second-order valence-corrected chi connectivity index (χ2v) is 3.45. The van der Waals surface area contributed by atoms with E-state index in [4.69, 9.17) is 9.47 Å². The van der Waals surface area contributed by atoms with Crippen LogP contribution in [0.5, 0.6) is 0 Å². The van der Waals surface area contributed by atoms with Gasteiger partial charge in [-0.1, -0.05) is 30.3 Å². The molecule has 1 fully saturated rings. The number of hydrogen-bond donors (Lipinski definition) is 0. The van der Waals surface area contributed by atoms with E-state index in [1.54, 1.807) is 24.3 Å². The number of cyclic esters (lactones) is 2. The Labute approximate surface area is 86.8 Å². The quantitative estimate of drug-likeness (QED) is 0.643. The van der Waals surface area contributed by atoms with Gasteiger partial charge in [-0.05, 0) is 6.92 Å². The lowest BCUT2D eigenvalue weighted by Gasteiger charge is -2.31. The first-order valence-corrected chi connectivity index (χ1v) is 4.57. The summed E-state index contributed by atoms with van der Waals surface area (Å²) >= 11 is 0. The average molecular weight is 206 g/mol. The van der Waals surface area contributed by atoms with Crippen LogP contribution in [-0.2, 0) is 24.7 Å². The van der Waals surface area contributed by atoms with E-state index in [-0.39, 0.29) is 6.61 Å². The van der Waals surface area contributed by atoms with Crippen molar-refractivity contribution < 1.29 is 19.1 Å². The first-order valence-electron chi connectivity index (χ1n) is 4.57. The topological polar surface area (TPSA) is 52.6 Å². The zero-order valence-electron chi connectivity index (χ0n) is 8.23. The SMILES string of the molecule is C[C@@]1(c2ccccc2)OC(=O)COC1=O. The molecule has 1 aliphatic rings. The largest absolute Gasteiger partial charge is 0.450 e. The summed E-state index contributed by atoms with van der Waals surface area (Å²) < 4.78 is 9.81. The van der Waals surface area contributed by atoms with Crippen LogP contribution in [0.25, 0.3) is 0 Å². The van der Waals surface area contributed by atoms with Crippen LogP contribution in [0.1, 0.15) is 12.5 Å². The number of benzene rings is 1. The molecular formula is C11H10O4. The van der Waals surface area contributed by atoms with Gasteiger partial charge in [-0.2, -0.15) is 0 Å². The number of hydrogen-bond acceptors (Lipinski definition) is 4. The summed E-state index contributed by atoms with van der Waals surface area (Å²) in [6, 6.07) is 8.81. The van der Waals surface area contributed by atoms with Crippen LogP contribution in [0.4, 0.5) is 0 Å². The molecule has 0 bridgehead atoms. The van der Waals surface area contributed by atoms with Crippen molar-refractivity contribution in [3.63, 3.8) is 0 Å². The number of carbonyl (C=O) groups is 2. The lowest BCUT2D eigenvalue weighted by atomic mass is 9.95. The maximum atomic E-state index is 11.6. The third-order valence-corrected chi connectivity index (χ3v) is 2.35. The van der Waals surface area contributed by atoms with Crippen molar-refractivity contribution in [2.75, 3.05) is 6.61 Å². The first kappa shape index (κ1) is 9.71. The second kappa shape index (κ2) is 3.38. The van der Waals surface area contributed by atoms with Crippen LogP contribution in [-0.4, -0.2) is 18.5 Å². The fourth-order valence-corrected chi connectivity index (χ4v) is 1.49. The van der Waals surface area contributed by atoms with Crippen molar-refractivity contribution in [3.8, 4) is 0 Å². The van der Waals surface area contributed by atoms with Crippen molar-refractivity contribution in [1.82, 2.24) is 0 Å². The summed E-state index contributed by atoms with van der Waals surface area (Å²) in [6.07, 6.45) is 0. The van der Waals surface area contributed by atoms with Gasteiger partial charge < -0.3 is 9.47 Å². The third-order valence-electron chi connectivity index (χ3n) is 2.35. The molecule has 0 aliphatic carbocycles. The fourth-order valence-electron chi connectivity index (χ4n) is 1.49. The van der Waals surface area contributed by atoms with Crippen molar-refractivity contribution in [2.45, 2.75) is 12.5 Å². The maximum Gasteiger partial charge on any atom is 0.355 e. The van der Waals surface area contributed by atoms with Crippen LogP contribution >= 0.6 is 0 Å². The predicted octanol–water partition coefficient (Wildman–Crippen LogP) is 1.00. The highest BCUT2D eigenvalue weighted by atomic mass is 16.6. The Bertz CT molecular complexity index is 398. The molecule has 0 N–H and O–H groups in total. The number of ether oxygens (including phenoxy) is 2. The summed E-state index contributed by atoms with van der Waals surface area (Å²) in [5, 5.41) is 0. The van der Waals surface area contributed by atoms with Crippen molar-refractivity contribution >= 4 is 11.9 Å². The molecule has 0 aromatic heterocycles. The molecule has 1 aromatic rings. The minimum absolute atomic E-state index is 0.304. The Hall–Kier alpha value is -1.84. The minimum Gasteiger partial charge on any atom is -0.450 e. The zero-order valence-corrected chi connectivity index (χ0v) is 8.23. The molecule has 4 nitrogen and oxygen atoms in total. The van der Waals surface area contributed by atoms with Gasteiger partial charge in [0.25, 0.3) is 0 Å². The van der Waals surface area contributed by atoms with Gasteiger partial charge in [-0.3, -0.25) is 0 Å². The van der Waals surface area contributed by atoms with Crippen molar-refractivity contribution in [1.29, 1.82) is 0 Å². The summed E-state index contributed by atoms with van der Waals surface area (Å²) in [4.78, 5) is 22.7. The van der Waals surface area contributed by atoms with Crippen LogP contribution in [0.3, 0.4) is 0 Å². The molecule has 1 heterocycles. The molecule has 1 atom stereocenters. The molecule has 4 heteroatoms. The van der Waals surface area contributed by atoms with Gasteiger partial charge >= 0.3 is 11.9 Å². The van der Waals surface area contributed by atoms with Gasteiger partial charge in [0.15, 0.2) is 6.61 Å². The fraction of sp³-hybridized carbons (Fsp3) is 0.273. The summed E-state index contributed by atoms with van der Waals surface area (Å²) in [5.41, 5.74) is -0.695. The molecule has 0 saturated carbocycles. The number of esters is 2. The monoisotopic (exact) mass is 206 g/mol. The predicted molar refractivity (Wildman–Crippen MR) is 50.8 cm³/mol. The molecule has 78 valence electrons. The van der Waals surface area contributed by atoms with Crippen LogP contribution < -0.4 is 0 Å². The van der Waals surface area contributed by atoms with E-state index < -0.39 is 17.5 Å². The lowest BCUT2D eigenvalue weighted by Crippen LogP contribution is -2.45. The van der Waals surface area contributed by atoms with Crippen molar-refractivity contribution in [3.05, 3.63) is 35.9 Å². The molecular weight excluding hydrogens is 196 g/mol. The first-order chi connectivity index (χ1) is 7.13. The Morgan fingerprint density at radius 2 is 1.87 bits per heavy atom. The van der Waals surface area contributed by atoms with Crippen LogP contribution in [0.15, 0.2) is 30.3 Å². The molecule has 0 spiro atoms. The highest BCUT2D eigenvalue weighted by Crippen LogP contribution is 2.29. The van der Waals surface area contributed by atoms with E-state index in [9.17, 15) is 9.59 Å². The molecule has 2 rings (SSSR count). The van der Waals surface area contributed by atoms with Crippen LogP contribution in [0, 0.1) is 0 Å². The average Bonchev–Trinajstić information content (AvgIpc) is 2.25. The van der Waals surface area contributed by atoms with E-state index in [2.05, 4.69) is 0 Å². The Balaban J connectivity index is 2.40. The lowest BCUT2D eigenvalue weighted by molar-refractivity contribution is -0.200. The van der Waals surface area contributed by atoms with E-state index >= 15 is 0 Å². The molecule has 1 aromatic carbocycles. The summed E-state index contributed by atoms with van der Waals surface area (Å²) in [6.45, 7) is 1.23. The van der Waals surface area contributed by atoms with E-state index in [1.807, 2.05) is 6.07 Å². The van der Waals surface area contributed by atoms with E-state index in [1.165, 1.54) is 6.92 Å². The highest BCUT2D eigenvalue weighted by Gasteiger charge is 2.44. The van der Waals surface area contributed by atoms with Gasteiger partial charge in [-0.25, -0.2) is 9.59 Å². The minimum atomic E-state index is -1.31. The van der Waals surface area contributed by atoms with E-state index in [0.29, 0.717) is 5.56 Å². The van der Waals surface area contributed by atoms with Crippen LogP contribution in [0.2, 0.25) is 0 Å². The Kier molecular flexibility index (Phi) is 2.19. The molecule has 1 aliphatic heterocycles. The number of rotatable bonds is 1. The molecule has 0 amide bonds. The summed E-state index contributed by atoms with van der Waals surface area (Å²) in [5.74, 6) is -1.06. The van der Waals surface area contributed by atoms with Gasteiger partial charge in [0.05, 0.1) is 0 Å². The van der Waals surface area contributed by atoms with Gasteiger partial charge in [0.2, 0.25) is 5.60 Å². The third kappa shape index (κ3) is 1.58. The second-order valence-electron chi connectivity index (χ2n) is 3.45. The smallest absolute Gasteiger partial charge is 0.355 e. The van der Waals surface area contributed by atoms with Crippen molar-refractivity contribution in [2.24, 2.45) is 0 Å². The summed E-state index contributed by atoms with van der Waals surface area (Å²) in [7, 11) is 0. The molecule has 0 radical (unpaired) electrons. The van der Waals surface area contributed by atoms with E-state index in [0.717, 1.165) is 0 Å². The maximum absolute atomic E-state index is 11.6. The zero-order chi connectivity index (χ0) is 10.9. The normalized spacial score (nSPS) is 25.7. The Morgan fingerprint density at radius 1 is 1.20 bits per heavy atom.